The van der Waals surface area contributed by atoms with Crippen molar-refractivity contribution < 1.29 is 14.3 Å². The van der Waals surface area contributed by atoms with E-state index >= 15 is 0 Å². The van der Waals surface area contributed by atoms with E-state index in [1.807, 2.05) is 66.7 Å². The molecule has 0 fully saturated rings. The second-order valence-electron chi connectivity index (χ2n) is 6.98. The Morgan fingerprint density at radius 1 is 0.966 bits per heavy atom. The third kappa shape index (κ3) is 6.36. The predicted octanol–water partition coefficient (Wildman–Crippen LogP) is 6.17. The van der Waals surface area contributed by atoms with Crippen LogP contribution in [0.4, 0.5) is 5.69 Å². The maximum Gasteiger partial charge on any atom is 0.262 e. The summed E-state index contributed by atoms with van der Waals surface area (Å²) in [5, 5.41) is 2.86. The molecule has 0 aromatic heterocycles. The number of nitrogens with one attached hydrogen (secondary N) is 1. The van der Waals surface area contributed by atoms with Crippen LogP contribution < -0.4 is 14.8 Å². The second-order valence-corrected chi connectivity index (χ2v) is 7.89. The van der Waals surface area contributed by atoms with Crippen molar-refractivity contribution in [3.05, 3.63) is 88.4 Å². The molecule has 0 spiro atoms. The molecule has 0 bridgehead atoms. The van der Waals surface area contributed by atoms with Gasteiger partial charge >= 0.3 is 0 Å². The Hall–Kier alpha value is -2.79. The van der Waals surface area contributed by atoms with E-state index in [-0.39, 0.29) is 12.5 Å². The minimum atomic E-state index is -0.220. The first kappa shape index (κ1) is 20.9. The summed E-state index contributed by atoms with van der Waals surface area (Å²) in [6.45, 7) is 4.60. The van der Waals surface area contributed by atoms with Gasteiger partial charge in [-0.3, -0.25) is 4.79 Å². The molecule has 0 heterocycles. The van der Waals surface area contributed by atoms with Gasteiger partial charge in [0.15, 0.2) is 6.61 Å². The number of halogens is 1. The fraction of sp³-hybridized carbons (Fsp3) is 0.208. The second kappa shape index (κ2) is 10.1. The van der Waals surface area contributed by atoms with Crippen molar-refractivity contribution in [2.45, 2.75) is 26.4 Å². The zero-order valence-electron chi connectivity index (χ0n) is 16.5. The highest BCUT2D eigenvalue weighted by molar-refractivity contribution is 9.10. The Bertz CT molecular complexity index is 957. The molecule has 0 saturated heterocycles. The van der Waals surface area contributed by atoms with Crippen molar-refractivity contribution in [2.75, 3.05) is 11.9 Å². The van der Waals surface area contributed by atoms with Crippen LogP contribution in [0.15, 0.2) is 77.3 Å². The SMILES string of the molecule is CC(C)c1cc(Br)ccc1OCC(=O)Nc1cccc(OCc2ccccc2)c1. The molecule has 0 atom stereocenters. The Balaban J connectivity index is 1.56. The molecule has 29 heavy (non-hydrogen) atoms. The quantitative estimate of drug-likeness (QED) is 0.443. The van der Waals surface area contributed by atoms with Crippen LogP contribution in [0.1, 0.15) is 30.9 Å². The highest BCUT2D eigenvalue weighted by atomic mass is 79.9. The summed E-state index contributed by atoms with van der Waals surface area (Å²) in [5.41, 5.74) is 2.82. The molecule has 0 saturated carbocycles. The third-order valence-electron chi connectivity index (χ3n) is 4.32. The van der Waals surface area contributed by atoms with Crippen LogP contribution >= 0.6 is 15.9 Å². The molecule has 0 aliphatic heterocycles. The Morgan fingerprint density at radius 3 is 2.52 bits per heavy atom. The highest BCUT2D eigenvalue weighted by Crippen LogP contribution is 2.29. The monoisotopic (exact) mass is 453 g/mol. The van der Waals surface area contributed by atoms with Gasteiger partial charge < -0.3 is 14.8 Å². The molecule has 1 N–H and O–H groups in total. The molecule has 4 nitrogen and oxygen atoms in total. The number of anilines is 1. The summed E-state index contributed by atoms with van der Waals surface area (Å²) in [6.07, 6.45) is 0. The van der Waals surface area contributed by atoms with E-state index in [4.69, 9.17) is 9.47 Å². The Labute approximate surface area is 180 Å². The van der Waals surface area contributed by atoms with E-state index in [0.29, 0.717) is 24.0 Å². The van der Waals surface area contributed by atoms with Gasteiger partial charge in [0.2, 0.25) is 0 Å². The summed E-state index contributed by atoms with van der Waals surface area (Å²) < 4.78 is 12.6. The average Bonchev–Trinajstić information content (AvgIpc) is 2.72. The zero-order valence-corrected chi connectivity index (χ0v) is 18.1. The van der Waals surface area contributed by atoms with Crippen molar-refractivity contribution in [1.82, 2.24) is 0 Å². The molecule has 3 aromatic carbocycles. The first-order valence-corrected chi connectivity index (χ1v) is 10.3. The summed E-state index contributed by atoms with van der Waals surface area (Å²) >= 11 is 3.48. The van der Waals surface area contributed by atoms with Crippen LogP contribution in [0.25, 0.3) is 0 Å². The van der Waals surface area contributed by atoms with Gasteiger partial charge in [0.1, 0.15) is 18.1 Å². The number of hydrogen-bond donors (Lipinski definition) is 1. The van der Waals surface area contributed by atoms with Crippen LogP contribution in [-0.4, -0.2) is 12.5 Å². The van der Waals surface area contributed by atoms with Crippen LogP contribution in [0.3, 0.4) is 0 Å². The molecular weight excluding hydrogens is 430 g/mol. The fourth-order valence-electron chi connectivity index (χ4n) is 2.85. The summed E-state index contributed by atoms with van der Waals surface area (Å²) in [7, 11) is 0. The van der Waals surface area contributed by atoms with Gasteiger partial charge in [0, 0.05) is 16.2 Å². The first-order valence-electron chi connectivity index (χ1n) is 9.50. The van der Waals surface area contributed by atoms with Gasteiger partial charge in [0.05, 0.1) is 0 Å². The number of rotatable bonds is 8. The van der Waals surface area contributed by atoms with Crippen molar-refractivity contribution in [3.8, 4) is 11.5 Å². The number of hydrogen-bond acceptors (Lipinski definition) is 3. The summed E-state index contributed by atoms with van der Waals surface area (Å²) in [4.78, 5) is 12.3. The molecule has 3 rings (SSSR count). The van der Waals surface area contributed by atoms with E-state index in [9.17, 15) is 4.79 Å². The van der Waals surface area contributed by atoms with Gasteiger partial charge in [-0.2, -0.15) is 0 Å². The predicted molar refractivity (Wildman–Crippen MR) is 120 cm³/mol. The van der Waals surface area contributed by atoms with Crippen LogP contribution in [0, 0.1) is 0 Å². The minimum absolute atomic E-state index is 0.0591. The number of carbonyl (C=O) groups excluding carboxylic acids is 1. The third-order valence-corrected chi connectivity index (χ3v) is 4.81. The zero-order chi connectivity index (χ0) is 20.6. The first-order chi connectivity index (χ1) is 14.0. The number of carbonyl (C=O) groups is 1. The van der Waals surface area contributed by atoms with Gasteiger partial charge in [-0.1, -0.05) is 66.2 Å². The number of amides is 1. The lowest BCUT2D eigenvalue weighted by atomic mass is 10.0. The minimum Gasteiger partial charge on any atom is -0.489 e. The number of benzene rings is 3. The largest absolute Gasteiger partial charge is 0.489 e. The summed E-state index contributed by atoms with van der Waals surface area (Å²) in [6, 6.07) is 23.1. The molecule has 0 radical (unpaired) electrons. The fourth-order valence-corrected chi connectivity index (χ4v) is 3.23. The van der Waals surface area contributed by atoms with Crippen LogP contribution in [-0.2, 0) is 11.4 Å². The van der Waals surface area contributed by atoms with Crippen molar-refractivity contribution >= 4 is 27.5 Å². The topological polar surface area (TPSA) is 47.6 Å². The standard InChI is InChI=1S/C24H24BrNO3/c1-17(2)22-13-19(25)11-12-23(22)29-16-24(27)26-20-9-6-10-21(14-20)28-15-18-7-4-3-5-8-18/h3-14,17H,15-16H2,1-2H3,(H,26,27). The normalized spacial score (nSPS) is 10.6. The van der Waals surface area contributed by atoms with Gasteiger partial charge in [0.25, 0.3) is 5.91 Å². The van der Waals surface area contributed by atoms with E-state index in [1.165, 1.54) is 0 Å². The molecule has 0 aliphatic carbocycles. The lowest BCUT2D eigenvalue weighted by Gasteiger charge is -2.14. The molecule has 1 amide bonds. The van der Waals surface area contributed by atoms with Crippen molar-refractivity contribution in [1.29, 1.82) is 0 Å². The molecule has 150 valence electrons. The molecule has 0 aliphatic rings. The van der Waals surface area contributed by atoms with Gasteiger partial charge in [-0.25, -0.2) is 0 Å². The highest BCUT2D eigenvalue weighted by Gasteiger charge is 2.11. The van der Waals surface area contributed by atoms with E-state index < -0.39 is 0 Å². The average molecular weight is 454 g/mol. The van der Waals surface area contributed by atoms with E-state index in [1.54, 1.807) is 6.07 Å². The van der Waals surface area contributed by atoms with E-state index in [2.05, 4.69) is 35.1 Å². The maximum atomic E-state index is 12.3. The smallest absolute Gasteiger partial charge is 0.262 e. The van der Waals surface area contributed by atoms with E-state index in [0.717, 1.165) is 21.3 Å². The molecule has 0 unspecified atom stereocenters. The van der Waals surface area contributed by atoms with Gasteiger partial charge in [-0.05, 0) is 47.4 Å². The molecule has 5 heteroatoms. The van der Waals surface area contributed by atoms with Crippen molar-refractivity contribution in [3.63, 3.8) is 0 Å². The van der Waals surface area contributed by atoms with Crippen molar-refractivity contribution in [2.24, 2.45) is 0 Å². The van der Waals surface area contributed by atoms with Gasteiger partial charge in [-0.15, -0.1) is 0 Å². The van der Waals surface area contributed by atoms with Crippen LogP contribution in [0.5, 0.6) is 11.5 Å². The van der Waals surface area contributed by atoms with Crippen LogP contribution in [0.2, 0.25) is 0 Å². The lowest BCUT2D eigenvalue weighted by Crippen LogP contribution is -2.20. The Kier molecular flexibility index (Phi) is 7.30. The molecule has 3 aromatic rings. The number of ether oxygens (including phenoxy) is 2. The summed E-state index contributed by atoms with van der Waals surface area (Å²) in [5.74, 6) is 1.49. The maximum absolute atomic E-state index is 12.3. The molecular formula is C24H24BrNO3. The Morgan fingerprint density at radius 2 is 1.76 bits per heavy atom. The lowest BCUT2D eigenvalue weighted by molar-refractivity contribution is -0.118.